The third-order valence-corrected chi connectivity index (χ3v) is 4.86. The van der Waals surface area contributed by atoms with E-state index in [1.165, 1.54) is 25.7 Å². The molecule has 1 aliphatic rings. The third-order valence-electron chi connectivity index (χ3n) is 4.14. The summed E-state index contributed by atoms with van der Waals surface area (Å²) in [5, 5.41) is 3.13. The lowest BCUT2D eigenvalue weighted by molar-refractivity contribution is 0.0921. The number of rotatable bonds is 4. The highest BCUT2D eigenvalue weighted by molar-refractivity contribution is 9.10. The number of halogens is 1. The molecule has 3 nitrogen and oxygen atoms in total. The van der Waals surface area contributed by atoms with Gasteiger partial charge in [0.2, 0.25) is 0 Å². The molecule has 0 bridgehead atoms. The molecular weight excluding hydrogens is 316 g/mol. The van der Waals surface area contributed by atoms with Crippen LogP contribution >= 0.6 is 15.9 Å². The number of carbonyl (C=O) groups is 1. The lowest BCUT2D eigenvalue weighted by atomic mass is 9.83. The van der Waals surface area contributed by atoms with Crippen molar-refractivity contribution in [3.05, 3.63) is 28.2 Å². The zero-order chi connectivity index (χ0) is 14.5. The first-order valence-electron chi connectivity index (χ1n) is 7.46. The fourth-order valence-electron chi connectivity index (χ4n) is 2.96. The fraction of sp³-hybridized carbons (Fsp3) is 0.562. The van der Waals surface area contributed by atoms with E-state index in [9.17, 15) is 4.79 Å². The van der Waals surface area contributed by atoms with Crippen LogP contribution in [0.4, 0.5) is 5.69 Å². The largest absolute Gasteiger partial charge is 0.398 e. The highest BCUT2D eigenvalue weighted by Crippen LogP contribution is 2.28. The molecule has 1 fully saturated rings. The lowest BCUT2D eigenvalue weighted by Crippen LogP contribution is -2.37. The van der Waals surface area contributed by atoms with Gasteiger partial charge in [-0.15, -0.1) is 0 Å². The predicted molar refractivity (Wildman–Crippen MR) is 86.7 cm³/mol. The van der Waals surface area contributed by atoms with Crippen molar-refractivity contribution in [3.63, 3.8) is 0 Å². The molecule has 0 aliphatic heterocycles. The number of nitrogen functional groups attached to an aromatic ring is 1. The molecule has 1 aromatic rings. The summed E-state index contributed by atoms with van der Waals surface area (Å²) in [6, 6.07) is 5.67. The summed E-state index contributed by atoms with van der Waals surface area (Å²) in [6.45, 7) is 2.24. The van der Waals surface area contributed by atoms with Gasteiger partial charge in [0.05, 0.1) is 0 Å². The minimum absolute atomic E-state index is 0.0110. The van der Waals surface area contributed by atoms with Crippen molar-refractivity contribution in [2.75, 3.05) is 5.73 Å². The predicted octanol–water partition coefficient (Wildman–Crippen LogP) is 4.12. The van der Waals surface area contributed by atoms with Crippen LogP contribution in [-0.4, -0.2) is 11.9 Å². The van der Waals surface area contributed by atoms with E-state index >= 15 is 0 Å². The monoisotopic (exact) mass is 338 g/mol. The van der Waals surface area contributed by atoms with E-state index in [0.29, 0.717) is 17.3 Å². The lowest BCUT2D eigenvalue weighted by Gasteiger charge is -2.29. The van der Waals surface area contributed by atoms with Gasteiger partial charge in [0, 0.05) is 21.8 Å². The van der Waals surface area contributed by atoms with Crippen molar-refractivity contribution in [1.82, 2.24) is 5.32 Å². The Balaban J connectivity index is 1.87. The summed E-state index contributed by atoms with van der Waals surface area (Å²) in [5.74, 6) is 0.847. The van der Waals surface area contributed by atoms with Gasteiger partial charge in [0.25, 0.3) is 5.91 Å². The van der Waals surface area contributed by atoms with E-state index in [0.717, 1.165) is 23.2 Å². The summed E-state index contributed by atoms with van der Waals surface area (Å²) >= 11 is 3.34. The Labute approximate surface area is 129 Å². The quantitative estimate of drug-likeness (QED) is 0.811. The molecule has 0 atom stereocenters. The molecule has 3 N–H and O–H groups in total. The first-order valence-corrected chi connectivity index (χ1v) is 8.25. The van der Waals surface area contributed by atoms with Crippen molar-refractivity contribution in [2.24, 2.45) is 5.92 Å². The number of nitrogens with two attached hydrogens (primary N) is 1. The van der Waals surface area contributed by atoms with Crippen LogP contribution in [0.5, 0.6) is 0 Å². The molecule has 0 spiro atoms. The average Bonchev–Trinajstić information content (AvgIpc) is 2.44. The zero-order valence-electron chi connectivity index (χ0n) is 12.0. The summed E-state index contributed by atoms with van der Waals surface area (Å²) < 4.78 is 0.828. The molecule has 2 rings (SSSR count). The van der Waals surface area contributed by atoms with Gasteiger partial charge in [-0.3, -0.25) is 4.79 Å². The second kappa shape index (κ2) is 7.11. The van der Waals surface area contributed by atoms with Crippen molar-refractivity contribution in [1.29, 1.82) is 0 Å². The zero-order valence-corrected chi connectivity index (χ0v) is 13.6. The molecule has 1 aromatic carbocycles. The molecule has 1 saturated carbocycles. The first kappa shape index (κ1) is 15.4. The Kier molecular flexibility index (Phi) is 5.46. The number of nitrogens with one attached hydrogen (secondary N) is 1. The second-order valence-corrected chi connectivity index (χ2v) is 6.57. The SMILES string of the molecule is CCCC1CCC(NC(=O)c2ccc(Br)c(N)c2)CC1. The summed E-state index contributed by atoms with van der Waals surface area (Å²) in [4.78, 5) is 12.2. The highest BCUT2D eigenvalue weighted by atomic mass is 79.9. The molecule has 0 unspecified atom stereocenters. The van der Waals surface area contributed by atoms with E-state index in [2.05, 4.69) is 28.2 Å². The van der Waals surface area contributed by atoms with Crippen LogP contribution in [0.2, 0.25) is 0 Å². The smallest absolute Gasteiger partial charge is 0.251 e. The van der Waals surface area contributed by atoms with Crippen LogP contribution in [0.1, 0.15) is 55.8 Å². The summed E-state index contributed by atoms with van der Waals surface area (Å²) in [7, 11) is 0. The van der Waals surface area contributed by atoms with E-state index < -0.39 is 0 Å². The van der Waals surface area contributed by atoms with E-state index in [1.54, 1.807) is 12.1 Å². The Bertz CT molecular complexity index is 468. The second-order valence-electron chi connectivity index (χ2n) is 5.72. The topological polar surface area (TPSA) is 55.1 Å². The van der Waals surface area contributed by atoms with E-state index in [1.807, 2.05) is 6.07 Å². The van der Waals surface area contributed by atoms with Gasteiger partial charge in [0.15, 0.2) is 0 Å². The number of benzene rings is 1. The molecule has 0 aromatic heterocycles. The first-order chi connectivity index (χ1) is 9.60. The maximum absolute atomic E-state index is 12.2. The number of hydrogen-bond donors (Lipinski definition) is 2. The number of anilines is 1. The van der Waals surface area contributed by atoms with Crippen molar-refractivity contribution in [3.8, 4) is 0 Å². The van der Waals surface area contributed by atoms with E-state index in [-0.39, 0.29) is 5.91 Å². The highest BCUT2D eigenvalue weighted by Gasteiger charge is 2.22. The van der Waals surface area contributed by atoms with Gasteiger partial charge in [-0.25, -0.2) is 0 Å². The molecule has 1 amide bonds. The Hall–Kier alpha value is -1.03. The molecule has 0 saturated heterocycles. The summed E-state index contributed by atoms with van der Waals surface area (Å²) in [6.07, 6.45) is 7.26. The fourth-order valence-corrected chi connectivity index (χ4v) is 3.20. The number of hydrogen-bond acceptors (Lipinski definition) is 2. The van der Waals surface area contributed by atoms with Crippen molar-refractivity contribution < 1.29 is 4.79 Å². The van der Waals surface area contributed by atoms with Crippen molar-refractivity contribution >= 4 is 27.5 Å². The van der Waals surface area contributed by atoms with Crippen LogP contribution < -0.4 is 11.1 Å². The van der Waals surface area contributed by atoms with Gasteiger partial charge in [-0.1, -0.05) is 19.8 Å². The van der Waals surface area contributed by atoms with Crippen LogP contribution in [0.25, 0.3) is 0 Å². The van der Waals surface area contributed by atoms with Gasteiger partial charge < -0.3 is 11.1 Å². The van der Waals surface area contributed by atoms with Crippen LogP contribution in [0, 0.1) is 5.92 Å². The van der Waals surface area contributed by atoms with Crippen LogP contribution in [-0.2, 0) is 0 Å². The van der Waals surface area contributed by atoms with Crippen LogP contribution in [0.3, 0.4) is 0 Å². The Morgan fingerprint density at radius 1 is 1.35 bits per heavy atom. The van der Waals surface area contributed by atoms with Gasteiger partial charge >= 0.3 is 0 Å². The molecular formula is C16H23BrN2O. The van der Waals surface area contributed by atoms with E-state index in [4.69, 9.17) is 5.73 Å². The maximum Gasteiger partial charge on any atom is 0.251 e. The molecule has 20 heavy (non-hydrogen) atoms. The third kappa shape index (κ3) is 3.98. The Morgan fingerprint density at radius 2 is 2.05 bits per heavy atom. The molecule has 0 radical (unpaired) electrons. The summed E-state index contributed by atoms with van der Waals surface area (Å²) in [5.41, 5.74) is 7.06. The number of carbonyl (C=O) groups excluding carboxylic acids is 1. The minimum Gasteiger partial charge on any atom is -0.398 e. The standard InChI is InChI=1S/C16H23BrN2O/c1-2-3-11-4-7-13(8-5-11)19-16(20)12-6-9-14(17)15(18)10-12/h6,9-11,13H,2-5,7-8,18H2,1H3,(H,19,20). The minimum atomic E-state index is -0.0110. The van der Waals surface area contributed by atoms with Gasteiger partial charge in [-0.05, 0) is 65.7 Å². The van der Waals surface area contributed by atoms with Gasteiger partial charge in [-0.2, -0.15) is 0 Å². The molecule has 110 valence electrons. The van der Waals surface area contributed by atoms with Gasteiger partial charge in [0.1, 0.15) is 0 Å². The number of amides is 1. The molecule has 4 heteroatoms. The Morgan fingerprint density at radius 3 is 2.65 bits per heavy atom. The van der Waals surface area contributed by atoms with Crippen molar-refractivity contribution in [2.45, 2.75) is 51.5 Å². The maximum atomic E-state index is 12.2. The molecule has 0 heterocycles. The average molecular weight is 339 g/mol. The van der Waals surface area contributed by atoms with Crippen LogP contribution in [0.15, 0.2) is 22.7 Å². The normalized spacial score (nSPS) is 22.5. The molecule has 1 aliphatic carbocycles.